The van der Waals surface area contributed by atoms with Crippen molar-refractivity contribution >= 4 is 17.4 Å². The second-order valence-electron chi connectivity index (χ2n) is 5.08. The van der Waals surface area contributed by atoms with Gasteiger partial charge in [0.1, 0.15) is 17.3 Å². The van der Waals surface area contributed by atoms with Gasteiger partial charge in [0.25, 0.3) is 0 Å². The molecule has 2 fully saturated rings. The van der Waals surface area contributed by atoms with Crippen LogP contribution in [0, 0.1) is 12.3 Å². The van der Waals surface area contributed by atoms with Crippen LogP contribution in [0.1, 0.15) is 6.42 Å². The molecule has 2 aliphatic rings. The molecule has 2 aliphatic heterocycles. The summed E-state index contributed by atoms with van der Waals surface area (Å²) in [5.74, 6) is 3.74. The highest BCUT2D eigenvalue weighted by atomic mass is 35.5. The largest absolute Gasteiger partial charge is 0.380 e. The molecule has 0 aliphatic carbocycles. The highest BCUT2D eigenvalue weighted by Crippen LogP contribution is 2.22. The molecule has 20 heavy (non-hydrogen) atoms. The first-order chi connectivity index (χ1) is 9.78. The van der Waals surface area contributed by atoms with Gasteiger partial charge in [0.05, 0.1) is 12.6 Å². The lowest BCUT2D eigenvalue weighted by Gasteiger charge is -2.42. The van der Waals surface area contributed by atoms with Gasteiger partial charge in [-0.15, -0.1) is 6.42 Å². The van der Waals surface area contributed by atoms with Gasteiger partial charge in [-0.1, -0.05) is 17.5 Å². The average molecular weight is 293 g/mol. The summed E-state index contributed by atoms with van der Waals surface area (Å²) in [4.78, 5) is 12.7. The molecular formula is C14H17ClN4O. The molecule has 2 saturated heterocycles. The molecule has 0 bridgehead atoms. The van der Waals surface area contributed by atoms with Crippen molar-refractivity contribution in [2.75, 3.05) is 37.7 Å². The van der Waals surface area contributed by atoms with E-state index in [1.54, 1.807) is 6.07 Å². The average Bonchev–Trinajstić information content (AvgIpc) is 3.00. The van der Waals surface area contributed by atoms with E-state index in [0.29, 0.717) is 11.2 Å². The normalized spacial score (nSPS) is 27.5. The fourth-order valence-corrected chi connectivity index (χ4v) is 3.01. The monoisotopic (exact) mass is 292 g/mol. The number of ether oxygens (including phenoxy) is 1. The van der Waals surface area contributed by atoms with E-state index in [-0.39, 0.29) is 6.04 Å². The first-order valence-corrected chi connectivity index (χ1v) is 7.18. The molecule has 0 amide bonds. The Hall–Kier alpha value is -1.35. The molecule has 0 radical (unpaired) electrons. The van der Waals surface area contributed by atoms with E-state index < -0.39 is 0 Å². The summed E-state index contributed by atoms with van der Waals surface area (Å²) in [6.07, 6.45) is 8.27. The Balaban J connectivity index is 1.72. The smallest absolute Gasteiger partial charge is 0.134 e. The van der Waals surface area contributed by atoms with Crippen molar-refractivity contribution < 1.29 is 4.74 Å². The molecule has 3 rings (SSSR count). The van der Waals surface area contributed by atoms with Crippen molar-refractivity contribution in [1.82, 2.24) is 14.9 Å². The quantitative estimate of drug-likeness (QED) is 0.602. The van der Waals surface area contributed by atoms with Gasteiger partial charge in [0, 0.05) is 38.3 Å². The summed E-state index contributed by atoms with van der Waals surface area (Å²) < 4.78 is 5.47. The Labute approximate surface area is 123 Å². The Morgan fingerprint density at radius 2 is 2.30 bits per heavy atom. The predicted molar refractivity (Wildman–Crippen MR) is 77.8 cm³/mol. The lowest BCUT2D eigenvalue weighted by molar-refractivity contribution is 0.119. The van der Waals surface area contributed by atoms with E-state index in [9.17, 15) is 0 Å². The molecule has 6 heteroatoms. The Kier molecular flexibility index (Phi) is 4.06. The SMILES string of the molecule is C#C[C@@H]1CN(c2cc(Cl)ncn2)CCN1C1CCOC1. The standard InChI is InChI=1S/C14H17ClN4O/c1-2-11-8-18(14-7-13(15)16-10-17-14)4-5-19(11)12-3-6-20-9-12/h1,7,10-12H,3-6,8-9H2/t11-,12?/m1/s1. The zero-order chi connectivity index (χ0) is 13.9. The van der Waals surface area contributed by atoms with Crippen LogP contribution >= 0.6 is 11.6 Å². The van der Waals surface area contributed by atoms with Crippen LogP contribution in [0.25, 0.3) is 0 Å². The molecule has 0 aromatic carbocycles. The minimum Gasteiger partial charge on any atom is -0.380 e. The molecule has 0 N–H and O–H groups in total. The van der Waals surface area contributed by atoms with Crippen molar-refractivity contribution in [2.45, 2.75) is 18.5 Å². The molecule has 5 nitrogen and oxygen atoms in total. The van der Waals surface area contributed by atoms with Crippen molar-refractivity contribution in [3.05, 3.63) is 17.5 Å². The van der Waals surface area contributed by atoms with Gasteiger partial charge in [0.15, 0.2) is 0 Å². The second-order valence-corrected chi connectivity index (χ2v) is 5.47. The molecule has 0 saturated carbocycles. The van der Waals surface area contributed by atoms with Gasteiger partial charge >= 0.3 is 0 Å². The number of hydrogen-bond donors (Lipinski definition) is 0. The van der Waals surface area contributed by atoms with Gasteiger partial charge in [-0.3, -0.25) is 4.90 Å². The molecular weight excluding hydrogens is 276 g/mol. The van der Waals surface area contributed by atoms with Gasteiger partial charge in [0.2, 0.25) is 0 Å². The van der Waals surface area contributed by atoms with Crippen molar-refractivity contribution in [3.8, 4) is 12.3 Å². The summed E-state index contributed by atoms with van der Waals surface area (Å²) in [7, 11) is 0. The number of anilines is 1. The minimum absolute atomic E-state index is 0.0872. The van der Waals surface area contributed by atoms with Crippen molar-refractivity contribution in [1.29, 1.82) is 0 Å². The van der Waals surface area contributed by atoms with Crippen LogP contribution < -0.4 is 4.90 Å². The third-order valence-electron chi connectivity index (χ3n) is 3.93. The van der Waals surface area contributed by atoms with E-state index >= 15 is 0 Å². The first-order valence-electron chi connectivity index (χ1n) is 6.80. The molecule has 3 heterocycles. The van der Waals surface area contributed by atoms with Gasteiger partial charge in [-0.2, -0.15) is 0 Å². The Bertz CT molecular complexity index is 512. The van der Waals surface area contributed by atoms with Crippen molar-refractivity contribution in [3.63, 3.8) is 0 Å². The maximum absolute atomic E-state index is 5.92. The Morgan fingerprint density at radius 1 is 1.40 bits per heavy atom. The topological polar surface area (TPSA) is 41.5 Å². The van der Waals surface area contributed by atoms with Crippen LogP contribution in [0.4, 0.5) is 5.82 Å². The third kappa shape index (κ3) is 2.73. The highest BCUT2D eigenvalue weighted by molar-refractivity contribution is 6.29. The van der Waals surface area contributed by atoms with Gasteiger partial charge in [-0.05, 0) is 6.42 Å². The Morgan fingerprint density at radius 3 is 3.00 bits per heavy atom. The van der Waals surface area contributed by atoms with Gasteiger partial charge < -0.3 is 9.64 Å². The number of aromatic nitrogens is 2. The van der Waals surface area contributed by atoms with Crippen LogP contribution in [0.3, 0.4) is 0 Å². The van der Waals surface area contributed by atoms with Crippen LogP contribution in [-0.2, 0) is 4.74 Å². The zero-order valence-corrected chi connectivity index (χ0v) is 12.0. The van der Waals surface area contributed by atoms with Crippen LogP contribution in [-0.4, -0.2) is 59.8 Å². The van der Waals surface area contributed by atoms with Crippen LogP contribution in [0.15, 0.2) is 12.4 Å². The van der Waals surface area contributed by atoms with E-state index in [2.05, 4.69) is 25.7 Å². The zero-order valence-electron chi connectivity index (χ0n) is 11.2. The van der Waals surface area contributed by atoms with Gasteiger partial charge in [-0.25, -0.2) is 9.97 Å². The van der Waals surface area contributed by atoms with Crippen molar-refractivity contribution in [2.24, 2.45) is 0 Å². The molecule has 2 atom stereocenters. The molecule has 106 valence electrons. The van der Waals surface area contributed by atoms with E-state index in [1.807, 2.05) is 0 Å². The second kappa shape index (κ2) is 5.96. The number of rotatable bonds is 2. The highest BCUT2D eigenvalue weighted by Gasteiger charge is 2.33. The third-order valence-corrected chi connectivity index (χ3v) is 4.14. The fraction of sp³-hybridized carbons (Fsp3) is 0.571. The maximum atomic E-state index is 5.92. The molecule has 1 unspecified atom stereocenters. The summed E-state index contributed by atoms with van der Waals surface area (Å²) in [6.45, 7) is 4.20. The first kappa shape index (κ1) is 13.6. The fourth-order valence-electron chi connectivity index (χ4n) is 2.87. The number of hydrogen-bond acceptors (Lipinski definition) is 5. The summed E-state index contributed by atoms with van der Waals surface area (Å²) in [5, 5.41) is 0.457. The lowest BCUT2D eigenvalue weighted by atomic mass is 10.1. The number of nitrogens with zero attached hydrogens (tertiary/aromatic N) is 4. The summed E-state index contributed by atoms with van der Waals surface area (Å²) in [5.41, 5.74) is 0. The van der Waals surface area contributed by atoms with E-state index in [4.69, 9.17) is 22.8 Å². The number of terminal acetylenes is 1. The maximum Gasteiger partial charge on any atom is 0.134 e. The predicted octanol–water partition coefficient (Wildman–Crippen LogP) is 1.04. The minimum atomic E-state index is 0.0872. The van der Waals surface area contributed by atoms with Crippen LogP contribution in [0.2, 0.25) is 5.15 Å². The number of halogens is 1. The molecule has 1 aromatic heterocycles. The summed E-state index contributed by atoms with van der Waals surface area (Å²) in [6, 6.07) is 2.32. The summed E-state index contributed by atoms with van der Waals surface area (Å²) >= 11 is 5.92. The lowest BCUT2D eigenvalue weighted by Crippen LogP contribution is -2.56. The van der Waals surface area contributed by atoms with Crippen LogP contribution in [0.5, 0.6) is 0 Å². The van der Waals surface area contributed by atoms with E-state index in [0.717, 1.165) is 45.1 Å². The number of piperazine rings is 1. The molecule has 1 aromatic rings. The molecule has 0 spiro atoms. The van der Waals surface area contributed by atoms with E-state index in [1.165, 1.54) is 6.33 Å².